The number of nitrogens with zero attached hydrogens (tertiary/aromatic N) is 1. The lowest BCUT2D eigenvalue weighted by Crippen LogP contribution is -2.54. The second kappa shape index (κ2) is 7.78. The van der Waals surface area contributed by atoms with Crippen LogP contribution in [0.2, 0.25) is 0 Å². The first-order chi connectivity index (χ1) is 11.0. The van der Waals surface area contributed by atoms with Crippen molar-refractivity contribution < 1.29 is 19.8 Å². The molecule has 124 valence electrons. The molecule has 0 radical (unpaired) electrons. The van der Waals surface area contributed by atoms with Crippen LogP contribution in [0.3, 0.4) is 0 Å². The van der Waals surface area contributed by atoms with Gasteiger partial charge in [-0.2, -0.15) is 0 Å². The van der Waals surface area contributed by atoms with E-state index in [2.05, 4.69) is 5.32 Å². The zero-order valence-corrected chi connectivity index (χ0v) is 12.9. The van der Waals surface area contributed by atoms with Crippen molar-refractivity contribution >= 4 is 18.1 Å². The van der Waals surface area contributed by atoms with Crippen molar-refractivity contribution in [2.45, 2.75) is 24.9 Å². The zero-order chi connectivity index (χ0) is 16.7. The standard InChI is InChI=1S/C17H22N2O4/c20-15(17(23)9-12-19(13-10-17)16(21)22)18-11-5-4-8-14-6-2-1-3-7-14/h1-4,6-8,23H,5,9-13H2,(H,18,20)(H,21,22). The van der Waals surface area contributed by atoms with E-state index < -0.39 is 17.6 Å². The lowest BCUT2D eigenvalue weighted by atomic mass is 9.90. The van der Waals surface area contributed by atoms with Crippen LogP contribution >= 0.6 is 0 Å². The number of aliphatic hydroxyl groups is 1. The molecule has 0 unspecified atom stereocenters. The number of carbonyl (C=O) groups excluding carboxylic acids is 1. The van der Waals surface area contributed by atoms with Crippen LogP contribution in [0.1, 0.15) is 24.8 Å². The topological polar surface area (TPSA) is 89.9 Å². The minimum Gasteiger partial charge on any atom is -0.465 e. The van der Waals surface area contributed by atoms with E-state index in [0.29, 0.717) is 13.0 Å². The van der Waals surface area contributed by atoms with Crippen LogP contribution in [0.25, 0.3) is 6.08 Å². The molecule has 2 amide bonds. The van der Waals surface area contributed by atoms with Gasteiger partial charge in [-0.1, -0.05) is 42.5 Å². The quantitative estimate of drug-likeness (QED) is 0.721. The van der Waals surface area contributed by atoms with Gasteiger partial charge in [0.1, 0.15) is 5.60 Å². The Labute approximate surface area is 135 Å². The smallest absolute Gasteiger partial charge is 0.407 e. The van der Waals surface area contributed by atoms with Crippen molar-refractivity contribution in [1.29, 1.82) is 0 Å². The summed E-state index contributed by atoms with van der Waals surface area (Å²) in [5, 5.41) is 21.9. The van der Waals surface area contributed by atoms with Gasteiger partial charge in [0.15, 0.2) is 0 Å². The van der Waals surface area contributed by atoms with E-state index in [9.17, 15) is 14.7 Å². The average Bonchev–Trinajstić information content (AvgIpc) is 2.55. The van der Waals surface area contributed by atoms with Gasteiger partial charge in [0.2, 0.25) is 0 Å². The molecular formula is C17H22N2O4. The van der Waals surface area contributed by atoms with Crippen LogP contribution in [0.4, 0.5) is 4.79 Å². The third-order valence-electron chi connectivity index (χ3n) is 3.99. The summed E-state index contributed by atoms with van der Waals surface area (Å²) in [6.07, 6.45) is 3.85. The molecule has 1 aromatic rings. The summed E-state index contributed by atoms with van der Waals surface area (Å²) in [6.45, 7) is 0.785. The molecule has 0 spiro atoms. The molecule has 1 fully saturated rings. The highest BCUT2D eigenvalue weighted by molar-refractivity contribution is 5.85. The lowest BCUT2D eigenvalue weighted by Gasteiger charge is -2.35. The van der Waals surface area contributed by atoms with Crippen molar-refractivity contribution in [1.82, 2.24) is 10.2 Å². The fourth-order valence-corrected chi connectivity index (χ4v) is 2.51. The van der Waals surface area contributed by atoms with Gasteiger partial charge in [-0.15, -0.1) is 0 Å². The van der Waals surface area contributed by atoms with Crippen LogP contribution in [0, 0.1) is 0 Å². The maximum Gasteiger partial charge on any atom is 0.407 e. The van der Waals surface area contributed by atoms with Crippen molar-refractivity contribution in [3.05, 3.63) is 42.0 Å². The van der Waals surface area contributed by atoms with E-state index in [0.717, 1.165) is 5.56 Å². The van der Waals surface area contributed by atoms with Gasteiger partial charge < -0.3 is 20.4 Å². The molecule has 1 saturated heterocycles. The Morgan fingerprint density at radius 3 is 2.48 bits per heavy atom. The lowest BCUT2D eigenvalue weighted by molar-refractivity contribution is -0.144. The second-order valence-corrected chi connectivity index (χ2v) is 5.66. The molecular weight excluding hydrogens is 296 g/mol. The molecule has 1 aliphatic heterocycles. The molecule has 23 heavy (non-hydrogen) atoms. The molecule has 1 aliphatic rings. The Morgan fingerprint density at radius 1 is 1.22 bits per heavy atom. The first-order valence-electron chi connectivity index (χ1n) is 7.71. The summed E-state index contributed by atoms with van der Waals surface area (Å²) in [5.74, 6) is -0.421. The summed E-state index contributed by atoms with van der Waals surface area (Å²) in [6, 6.07) is 9.86. The number of carboxylic acid groups (broad SMARTS) is 1. The highest BCUT2D eigenvalue weighted by Gasteiger charge is 2.40. The van der Waals surface area contributed by atoms with Crippen LogP contribution in [-0.2, 0) is 4.79 Å². The van der Waals surface area contributed by atoms with E-state index in [1.54, 1.807) is 0 Å². The number of rotatable bonds is 5. The molecule has 1 heterocycles. The summed E-state index contributed by atoms with van der Waals surface area (Å²) < 4.78 is 0. The van der Waals surface area contributed by atoms with Crippen molar-refractivity contribution in [3.8, 4) is 0 Å². The molecule has 6 heteroatoms. The van der Waals surface area contributed by atoms with Gasteiger partial charge in [-0.05, 0) is 12.0 Å². The van der Waals surface area contributed by atoms with E-state index in [4.69, 9.17) is 5.11 Å². The van der Waals surface area contributed by atoms with Crippen molar-refractivity contribution in [2.75, 3.05) is 19.6 Å². The molecule has 3 N–H and O–H groups in total. The third kappa shape index (κ3) is 4.82. The number of nitrogens with one attached hydrogen (secondary N) is 1. The number of amides is 2. The fourth-order valence-electron chi connectivity index (χ4n) is 2.51. The Balaban J connectivity index is 1.72. The van der Waals surface area contributed by atoms with Gasteiger partial charge in [0.05, 0.1) is 0 Å². The predicted molar refractivity (Wildman–Crippen MR) is 86.9 cm³/mol. The van der Waals surface area contributed by atoms with E-state index >= 15 is 0 Å². The third-order valence-corrected chi connectivity index (χ3v) is 3.99. The second-order valence-electron chi connectivity index (χ2n) is 5.66. The number of hydrogen-bond acceptors (Lipinski definition) is 3. The van der Waals surface area contributed by atoms with Crippen LogP contribution in [-0.4, -0.2) is 52.3 Å². The first kappa shape index (κ1) is 17.0. The normalized spacial score (nSPS) is 17.2. The minimum atomic E-state index is -1.46. The number of benzene rings is 1. The van der Waals surface area contributed by atoms with Crippen LogP contribution in [0.5, 0.6) is 0 Å². The largest absolute Gasteiger partial charge is 0.465 e. The number of hydrogen-bond donors (Lipinski definition) is 3. The molecule has 6 nitrogen and oxygen atoms in total. The summed E-state index contributed by atoms with van der Waals surface area (Å²) in [5.41, 5.74) is -0.367. The van der Waals surface area contributed by atoms with Gasteiger partial charge in [0.25, 0.3) is 5.91 Å². The maximum atomic E-state index is 12.1. The highest BCUT2D eigenvalue weighted by Crippen LogP contribution is 2.22. The Bertz CT molecular complexity index is 563. The van der Waals surface area contributed by atoms with Gasteiger partial charge in [-0.25, -0.2) is 4.79 Å². The Kier molecular flexibility index (Phi) is 5.76. The summed E-state index contributed by atoms with van der Waals surface area (Å²) in [7, 11) is 0. The Morgan fingerprint density at radius 2 is 1.87 bits per heavy atom. The molecule has 0 atom stereocenters. The van der Waals surface area contributed by atoms with Crippen LogP contribution < -0.4 is 5.32 Å². The minimum absolute atomic E-state index is 0.130. The Hall–Kier alpha value is -2.34. The zero-order valence-electron chi connectivity index (χ0n) is 12.9. The van der Waals surface area contributed by atoms with Gasteiger partial charge >= 0.3 is 6.09 Å². The summed E-state index contributed by atoms with van der Waals surface area (Å²) >= 11 is 0. The molecule has 1 aromatic carbocycles. The molecule has 2 rings (SSSR count). The fraction of sp³-hybridized carbons (Fsp3) is 0.412. The highest BCUT2D eigenvalue weighted by atomic mass is 16.4. The predicted octanol–water partition coefficient (Wildman–Crippen LogP) is 1.71. The summed E-state index contributed by atoms with van der Waals surface area (Å²) in [4.78, 5) is 24.1. The number of piperidine rings is 1. The number of likely N-dealkylation sites (tertiary alicyclic amines) is 1. The molecule has 0 saturated carbocycles. The van der Waals surface area contributed by atoms with Gasteiger partial charge in [-0.3, -0.25) is 4.79 Å². The van der Waals surface area contributed by atoms with Gasteiger partial charge in [0, 0.05) is 32.5 Å². The monoisotopic (exact) mass is 318 g/mol. The first-order valence-corrected chi connectivity index (χ1v) is 7.71. The van der Waals surface area contributed by atoms with Crippen LogP contribution in [0.15, 0.2) is 36.4 Å². The van der Waals surface area contributed by atoms with E-state index in [1.807, 2.05) is 42.5 Å². The molecule has 0 aromatic heterocycles. The molecule has 0 aliphatic carbocycles. The van der Waals surface area contributed by atoms with E-state index in [1.165, 1.54) is 4.90 Å². The van der Waals surface area contributed by atoms with Crippen molar-refractivity contribution in [3.63, 3.8) is 0 Å². The average molecular weight is 318 g/mol. The SMILES string of the molecule is O=C(O)N1CCC(O)(C(=O)NCCC=Cc2ccccc2)CC1. The number of carbonyl (C=O) groups is 2. The molecule has 0 bridgehead atoms. The van der Waals surface area contributed by atoms with Crippen molar-refractivity contribution in [2.24, 2.45) is 0 Å². The van der Waals surface area contributed by atoms with E-state index in [-0.39, 0.29) is 25.9 Å². The maximum absolute atomic E-state index is 12.1.